The van der Waals surface area contributed by atoms with Gasteiger partial charge in [0.25, 0.3) is 0 Å². The lowest BCUT2D eigenvalue weighted by molar-refractivity contribution is 0.591. The van der Waals surface area contributed by atoms with Crippen molar-refractivity contribution in [1.29, 1.82) is 0 Å². The molecule has 1 nitrogen and oxygen atoms in total. The molecule has 0 bridgehead atoms. The van der Waals surface area contributed by atoms with E-state index in [0.717, 1.165) is 6.42 Å². The molecule has 72 valence electrons. The summed E-state index contributed by atoms with van der Waals surface area (Å²) in [7, 11) is 2.00. The zero-order valence-electron chi connectivity index (χ0n) is 7.93. The fraction of sp³-hybridized carbons (Fsp3) is 0.400. The van der Waals surface area contributed by atoms with E-state index in [1.54, 1.807) is 11.3 Å². The molecular formula is C10H14INS. The highest BCUT2D eigenvalue weighted by atomic mass is 127. The van der Waals surface area contributed by atoms with Crippen molar-refractivity contribution < 1.29 is 0 Å². The molecule has 0 aliphatic rings. The molecule has 1 N–H and O–H groups in total. The minimum absolute atomic E-state index is 0.428. The van der Waals surface area contributed by atoms with Gasteiger partial charge >= 0.3 is 0 Å². The molecule has 1 rings (SSSR count). The summed E-state index contributed by atoms with van der Waals surface area (Å²) in [5.41, 5.74) is 2.60. The Kier molecular flexibility index (Phi) is 4.41. The monoisotopic (exact) mass is 307 g/mol. The van der Waals surface area contributed by atoms with Crippen molar-refractivity contribution in [3.8, 4) is 0 Å². The standard InChI is InChI=1S/C10H14INS/c1-7(2)4-9(12-3)8-5-10(11)13-6-8/h5-6,9,12H,1,4H2,2-3H3. The summed E-state index contributed by atoms with van der Waals surface area (Å²) < 4.78 is 1.34. The number of halogens is 1. The minimum atomic E-state index is 0.428. The van der Waals surface area contributed by atoms with E-state index < -0.39 is 0 Å². The molecule has 0 aliphatic carbocycles. The van der Waals surface area contributed by atoms with Gasteiger partial charge in [-0.3, -0.25) is 0 Å². The summed E-state index contributed by atoms with van der Waals surface area (Å²) in [6, 6.07) is 2.66. The van der Waals surface area contributed by atoms with E-state index in [9.17, 15) is 0 Å². The Morgan fingerprint density at radius 3 is 2.85 bits per heavy atom. The van der Waals surface area contributed by atoms with Gasteiger partial charge in [0.05, 0.1) is 2.88 Å². The molecule has 0 spiro atoms. The molecule has 13 heavy (non-hydrogen) atoms. The quantitative estimate of drug-likeness (QED) is 0.662. The first-order valence-electron chi connectivity index (χ1n) is 4.19. The number of thiophene rings is 1. The third kappa shape index (κ3) is 3.40. The van der Waals surface area contributed by atoms with Crippen LogP contribution in [-0.2, 0) is 0 Å². The first-order valence-corrected chi connectivity index (χ1v) is 6.15. The van der Waals surface area contributed by atoms with E-state index in [-0.39, 0.29) is 0 Å². The topological polar surface area (TPSA) is 12.0 Å². The van der Waals surface area contributed by atoms with Crippen molar-refractivity contribution >= 4 is 33.9 Å². The zero-order chi connectivity index (χ0) is 9.84. The highest BCUT2D eigenvalue weighted by Crippen LogP contribution is 2.25. The van der Waals surface area contributed by atoms with Crippen molar-refractivity contribution in [2.45, 2.75) is 19.4 Å². The summed E-state index contributed by atoms with van der Waals surface area (Å²) in [5.74, 6) is 0. The molecule has 0 saturated heterocycles. The van der Waals surface area contributed by atoms with Crippen LogP contribution in [0.15, 0.2) is 23.6 Å². The fourth-order valence-corrected chi connectivity index (χ4v) is 2.67. The average Bonchev–Trinajstić information content (AvgIpc) is 2.47. The highest BCUT2D eigenvalue weighted by molar-refractivity contribution is 14.1. The Morgan fingerprint density at radius 2 is 2.46 bits per heavy atom. The fourth-order valence-electron chi connectivity index (χ4n) is 1.24. The van der Waals surface area contributed by atoms with Crippen molar-refractivity contribution in [2.75, 3.05) is 7.05 Å². The summed E-state index contributed by atoms with van der Waals surface area (Å²) in [4.78, 5) is 0. The molecule has 1 heterocycles. The molecule has 0 fully saturated rings. The summed E-state index contributed by atoms with van der Waals surface area (Å²) in [6.07, 6.45) is 1.02. The lowest BCUT2D eigenvalue weighted by Gasteiger charge is -2.14. The van der Waals surface area contributed by atoms with Gasteiger partial charge < -0.3 is 5.32 Å². The van der Waals surface area contributed by atoms with Crippen LogP contribution in [0.3, 0.4) is 0 Å². The van der Waals surface area contributed by atoms with Gasteiger partial charge in [0.15, 0.2) is 0 Å². The molecular weight excluding hydrogens is 293 g/mol. The minimum Gasteiger partial charge on any atom is -0.313 e. The molecule has 1 aromatic heterocycles. The summed E-state index contributed by atoms with van der Waals surface area (Å²) in [6.45, 7) is 6.01. The predicted molar refractivity (Wildman–Crippen MR) is 68.3 cm³/mol. The van der Waals surface area contributed by atoms with Gasteiger partial charge in [-0.1, -0.05) is 5.57 Å². The van der Waals surface area contributed by atoms with Crippen LogP contribution in [-0.4, -0.2) is 7.05 Å². The van der Waals surface area contributed by atoms with Crippen LogP contribution in [0.25, 0.3) is 0 Å². The molecule has 0 amide bonds. The Bertz CT molecular complexity index is 293. The van der Waals surface area contributed by atoms with Gasteiger partial charge in [0.1, 0.15) is 0 Å². The van der Waals surface area contributed by atoms with Gasteiger partial charge in [-0.15, -0.1) is 17.9 Å². The Morgan fingerprint density at radius 1 is 1.77 bits per heavy atom. The maximum absolute atomic E-state index is 3.94. The summed E-state index contributed by atoms with van der Waals surface area (Å²) >= 11 is 4.14. The second kappa shape index (κ2) is 5.12. The van der Waals surface area contributed by atoms with Crippen LogP contribution >= 0.6 is 33.9 Å². The first kappa shape index (κ1) is 11.2. The molecule has 0 radical (unpaired) electrons. The van der Waals surface area contributed by atoms with Gasteiger partial charge in [0, 0.05) is 6.04 Å². The van der Waals surface area contributed by atoms with Gasteiger partial charge in [-0.05, 0) is 60.0 Å². The molecule has 1 unspecified atom stereocenters. The van der Waals surface area contributed by atoms with E-state index in [1.165, 1.54) is 14.0 Å². The molecule has 1 atom stereocenters. The molecule has 0 saturated carbocycles. The maximum atomic E-state index is 3.94. The average molecular weight is 307 g/mol. The molecule has 3 heteroatoms. The number of rotatable bonds is 4. The zero-order valence-corrected chi connectivity index (χ0v) is 10.9. The number of hydrogen-bond acceptors (Lipinski definition) is 2. The molecule has 1 aromatic rings. The maximum Gasteiger partial charge on any atom is 0.0656 e. The van der Waals surface area contributed by atoms with Crippen LogP contribution in [0.4, 0.5) is 0 Å². The lowest BCUT2D eigenvalue weighted by Crippen LogP contribution is -2.15. The molecule has 0 aliphatic heterocycles. The summed E-state index contributed by atoms with van der Waals surface area (Å²) in [5, 5.41) is 5.52. The SMILES string of the molecule is C=C(C)CC(NC)c1csc(I)c1. The van der Waals surface area contributed by atoms with Gasteiger partial charge in [-0.2, -0.15) is 0 Å². The number of hydrogen-bond donors (Lipinski definition) is 1. The first-order chi connectivity index (χ1) is 6.13. The van der Waals surface area contributed by atoms with Crippen LogP contribution < -0.4 is 5.32 Å². The van der Waals surface area contributed by atoms with Crippen molar-refractivity contribution in [3.63, 3.8) is 0 Å². The van der Waals surface area contributed by atoms with Gasteiger partial charge in [0.2, 0.25) is 0 Å². The normalized spacial score (nSPS) is 12.8. The smallest absolute Gasteiger partial charge is 0.0656 e. The van der Waals surface area contributed by atoms with Crippen LogP contribution in [0, 0.1) is 2.88 Å². The highest BCUT2D eigenvalue weighted by Gasteiger charge is 2.10. The van der Waals surface area contributed by atoms with Gasteiger partial charge in [-0.25, -0.2) is 0 Å². The Balaban J connectivity index is 2.72. The molecule has 0 aromatic carbocycles. The van der Waals surface area contributed by atoms with Crippen molar-refractivity contribution in [1.82, 2.24) is 5.32 Å². The van der Waals surface area contributed by atoms with Crippen LogP contribution in [0.2, 0.25) is 0 Å². The second-order valence-corrected chi connectivity index (χ2v) is 5.99. The predicted octanol–water partition coefficient (Wildman–Crippen LogP) is 3.58. The van der Waals surface area contributed by atoms with E-state index in [1.807, 2.05) is 7.05 Å². The van der Waals surface area contributed by atoms with E-state index in [2.05, 4.69) is 52.9 Å². The Hall–Kier alpha value is 0.130. The van der Waals surface area contributed by atoms with E-state index in [4.69, 9.17) is 0 Å². The third-order valence-electron chi connectivity index (χ3n) is 1.89. The van der Waals surface area contributed by atoms with Crippen LogP contribution in [0.5, 0.6) is 0 Å². The Labute approximate surface area is 97.4 Å². The van der Waals surface area contributed by atoms with E-state index in [0.29, 0.717) is 6.04 Å². The van der Waals surface area contributed by atoms with Crippen molar-refractivity contribution in [3.05, 3.63) is 32.0 Å². The largest absolute Gasteiger partial charge is 0.313 e. The number of nitrogens with one attached hydrogen (secondary N) is 1. The third-order valence-corrected chi connectivity index (χ3v) is 3.70. The lowest BCUT2D eigenvalue weighted by atomic mass is 10.0. The second-order valence-electron chi connectivity index (χ2n) is 3.19. The van der Waals surface area contributed by atoms with Crippen LogP contribution in [0.1, 0.15) is 24.9 Å². The van der Waals surface area contributed by atoms with E-state index >= 15 is 0 Å². The van der Waals surface area contributed by atoms with Crippen molar-refractivity contribution in [2.24, 2.45) is 0 Å².